The molecule has 1 aliphatic heterocycles. The maximum atomic E-state index is 12.1. The summed E-state index contributed by atoms with van der Waals surface area (Å²) in [6.45, 7) is 6.37. The molecule has 0 fully saturated rings. The largest absolute Gasteiger partial charge is 0.459 e. The Morgan fingerprint density at radius 2 is 1.95 bits per heavy atom. The molecule has 0 spiro atoms. The van der Waals surface area contributed by atoms with Crippen molar-refractivity contribution in [1.29, 1.82) is 0 Å². The summed E-state index contributed by atoms with van der Waals surface area (Å²) in [5.74, 6) is -0.172. The molecular formula is C16H21NO2. The molecule has 1 atom stereocenters. The van der Waals surface area contributed by atoms with Crippen LogP contribution in [0.1, 0.15) is 32.8 Å². The summed E-state index contributed by atoms with van der Waals surface area (Å²) < 4.78 is 5.43. The van der Waals surface area contributed by atoms with Crippen molar-refractivity contribution in [3.63, 3.8) is 0 Å². The molecule has 3 nitrogen and oxygen atoms in total. The molecule has 1 aromatic rings. The van der Waals surface area contributed by atoms with Crippen molar-refractivity contribution in [3.8, 4) is 0 Å². The third-order valence-electron chi connectivity index (χ3n) is 2.97. The van der Waals surface area contributed by atoms with Gasteiger partial charge < -0.3 is 10.1 Å². The van der Waals surface area contributed by atoms with Crippen molar-refractivity contribution in [2.24, 2.45) is 0 Å². The first kappa shape index (κ1) is 13.8. The van der Waals surface area contributed by atoms with Crippen LogP contribution >= 0.6 is 0 Å². The van der Waals surface area contributed by atoms with Crippen LogP contribution in [-0.4, -0.2) is 24.2 Å². The van der Waals surface area contributed by atoms with Crippen LogP contribution < -0.4 is 5.32 Å². The van der Waals surface area contributed by atoms with Gasteiger partial charge in [-0.2, -0.15) is 0 Å². The maximum absolute atomic E-state index is 12.1. The van der Waals surface area contributed by atoms with Crippen LogP contribution in [0.2, 0.25) is 0 Å². The summed E-state index contributed by atoms with van der Waals surface area (Å²) >= 11 is 0. The lowest BCUT2D eigenvalue weighted by Gasteiger charge is -2.27. The van der Waals surface area contributed by atoms with Gasteiger partial charge in [0.2, 0.25) is 0 Å². The first-order valence-corrected chi connectivity index (χ1v) is 6.66. The molecule has 1 N–H and O–H groups in total. The number of hydrogen-bond acceptors (Lipinski definition) is 3. The number of ether oxygens (including phenoxy) is 1. The third kappa shape index (κ3) is 3.93. The van der Waals surface area contributed by atoms with Gasteiger partial charge >= 0.3 is 5.97 Å². The van der Waals surface area contributed by atoms with Gasteiger partial charge in [0.15, 0.2) is 0 Å². The minimum absolute atomic E-state index is 0.172. The second kappa shape index (κ2) is 5.57. The molecule has 0 radical (unpaired) electrons. The van der Waals surface area contributed by atoms with Gasteiger partial charge in [-0.25, -0.2) is 0 Å². The van der Waals surface area contributed by atoms with Crippen molar-refractivity contribution in [3.05, 3.63) is 42.0 Å². The molecule has 102 valence electrons. The molecule has 0 saturated heterocycles. The highest BCUT2D eigenvalue weighted by molar-refractivity contribution is 5.81. The zero-order valence-electron chi connectivity index (χ0n) is 11.8. The van der Waals surface area contributed by atoms with E-state index in [1.165, 1.54) is 11.1 Å². The van der Waals surface area contributed by atoms with Gasteiger partial charge in [-0.1, -0.05) is 36.4 Å². The molecule has 0 aliphatic carbocycles. The average Bonchev–Trinajstić information content (AvgIpc) is 2.38. The van der Waals surface area contributed by atoms with E-state index in [-0.39, 0.29) is 12.0 Å². The highest BCUT2D eigenvalue weighted by Crippen LogP contribution is 2.23. The van der Waals surface area contributed by atoms with Gasteiger partial charge in [0, 0.05) is 6.54 Å². The molecule has 2 rings (SSSR count). The van der Waals surface area contributed by atoms with Crippen LogP contribution in [-0.2, 0) is 9.53 Å². The van der Waals surface area contributed by atoms with Gasteiger partial charge in [0.25, 0.3) is 0 Å². The maximum Gasteiger partial charge on any atom is 0.324 e. The van der Waals surface area contributed by atoms with E-state index in [1.54, 1.807) is 0 Å². The number of nitrogens with one attached hydrogen (secondary N) is 1. The number of benzene rings is 1. The van der Waals surface area contributed by atoms with E-state index in [0.29, 0.717) is 13.0 Å². The fourth-order valence-corrected chi connectivity index (χ4v) is 2.13. The Bertz CT molecular complexity index is 471. The molecule has 0 saturated carbocycles. The molecule has 0 aromatic heterocycles. The van der Waals surface area contributed by atoms with E-state index in [9.17, 15) is 4.79 Å². The highest BCUT2D eigenvalue weighted by atomic mass is 16.6. The van der Waals surface area contributed by atoms with E-state index >= 15 is 0 Å². The van der Waals surface area contributed by atoms with Crippen LogP contribution in [0.4, 0.5) is 0 Å². The predicted molar refractivity (Wildman–Crippen MR) is 76.7 cm³/mol. The van der Waals surface area contributed by atoms with Crippen LogP contribution in [0, 0.1) is 0 Å². The minimum Gasteiger partial charge on any atom is -0.459 e. The van der Waals surface area contributed by atoms with Gasteiger partial charge in [0.05, 0.1) is 0 Å². The Morgan fingerprint density at radius 1 is 1.26 bits per heavy atom. The second-order valence-corrected chi connectivity index (χ2v) is 5.79. The molecule has 3 heteroatoms. The van der Waals surface area contributed by atoms with Gasteiger partial charge in [-0.15, -0.1) is 0 Å². The first-order chi connectivity index (χ1) is 8.96. The standard InChI is InChI=1S/C16H21NO2/c1-16(2,3)19-15(18)14-11-13(9-10-17-14)12-7-5-4-6-8-12/h4-9,14,17H,10-11H2,1-3H3. The summed E-state index contributed by atoms with van der Waals surface area (Å²) in [5, 5.41) is 3.19. The highest BCUT2D eigenvalue weighted by Gasteiger charge is 2.27. The number of carbonyl (C=O) groups excluding carboxylic acids is 1. The van der Waals surface area contributed by atoms with Crippen LogP contribution in [0.3, 0.4) is 0 Å². The molecule has 0 amide bonds. The van der Waals surface area contributed by atoms with Crippen molar-refractivity contribution in [1.82, 2.24) is 5.32 Å². The van der Waals surface area contributed by atoms with E-state index < -0.39 is 5.60 Å². The smallest absolute Gasteiger partial charge is 0.324 e. The summed E-state index contributed by atoms with van der Waals surface area (Å²) in [7, 11) is 0. The lowest BCUT2D eigenvalue weighted by Crippen LogP contribution is -2.43. The Morgan fingerprint density at radius 3 is 2.58 bits per heavy atom. The quantitative estimate of drug-likeness (QED) is 0.830. The zero-order valence-corrected chi connectivity index (χ0v) is 11.8. The number of carbonyl (C=O) groups is 1. The molecule has 1 heterocycles. The van der Waals surface area contributed by atoms with E-state index in [4.69, 9.17) is 4.74 Å². The van der Waals surface area contributed by atoms with Gasteiger partial charge in [0.1, 0.15) is 11.6 Å². The Labute approximate surface area is 114 Å². The molecule has 19 heavy (non-hydrogen) atoms. The lowest BCUT2D eigenvalue weighted by molar-refractivity contribution is -0.157. The second-order valence-electron chi connectivity index (χ2n) is 5.79. The monoisotopic (exact) mass is 259 g/mol. The number of esters is 1. The number of hydrogen-bond donors (Lipinski definition) is 1. The average molecular weight is 259 g/mol. The third-order valence-corrected chi connectivity index (χ3v) is 2.97. The Hall–Kier alpha value is -1.61. The predicted octanol–water partition coefficient (Wildman–Crippen LogP) is 2.77. The van der Waals surface area contributed by atoms with Crippen molar-refractivity contribution in [2.75, 3.05) is 6.54 Å². The first-order valence-electron chi connectivity index (χ1n) is 6.66. The van der Waals surface area contributed by atoms with Gasteiger partial charge in [-0.3, -0.25) is 4.79 Å². The van der Waals surface area contributed by atoms with E-state index in [1.807, 2.05) is 39.0 Å². The van der Waals surface area contributed by atoms with Crippen LogP contribution in [0.15, 0.2) is 36.4 Å². The van der Waals surface area contributed by atoms with Crippen LogP contribution in [0.5, 0.6) is 0 Å². The zero-order chi connectivity index (χ0) is 13.9. The molecule has 1 aliphatic rings. The minimum atomic E-state index is -0.438. The molecule has 0 bridgehead atoms. The normalized spacial score (nSPS) is 19.7. The Balaban J connectivity index is 2.05. The van der Waals surface area contributed by atoms with E-state index in [2.05, 4.69) is 23.5 Å². The van der Waals surface area contributed by atoms with Crippen molar-refractivity contribution < 1.29 is 9.53 Å². The topological polar surface area (TPSA) is 38.3 Å². The molecule has 1 unspecified atom stereocenters. The van der Waals surface area contributed by atoms with Crippen molar-refractivity contribution >= 4 is 11.5 Å². The number of rotatable bonds is 2. The molecule has 1 aromatic carbocycles. The fraction of sp³-hybridized carbons (Fsp3) is 0.438. The lowest BCUT2D eigenvalue weighted by atomic mass is 9.95. The summed E-state index contributed by atoms with van der Waals surface area (Å²) in [4.78, 5) is 12.1. The SMILES string of the molecule is CC(C)(C)OC(=O)C1CC(c2ccccc2)=CCN1. The van der Waals surface area contributed by atoms with Crippen molar-refractivity contribution in [2.45, 2.75) is 38.8 Å². The summed E-state index contributed by atoms with van der Waals surface area (Å²) in [5.41, 5.74) is 1.94. The fourth-order valence-electron chi connectivity index (χ4n) is 2.13. The Kier molecular flexibility index (Phi) is 4.05. The van der Waals surface area contributed by atoms with Crippen LogP contribution in [0.25, 0.3) is 5.57 Å². The molecular weight excluding hydrogens is 238 g/mol. The van der Waals surface area contributed by atoms with E-state index in [0.717, 1.165) is 0 Å². The van der Waals surface area contributed by atoms with Gasteiger partial charge in [-0.05, 0) is 38.3 Å². The summed E-state index contributed by atoms with van der Waals surface area (Å²) in [6.07, 6.45) is 2.81. The summed E-state index contributed by atoms with van der Waals surface area (Å²) in [6, 6.07) is 9.92.